The van der Waals surface area contributed by atoms with Crippen LogP contribution in [-0.2, 0) is 4.79 Å². The van der Waals surface area contributed by atoms with Crippen molar-refractivity contribution in [2.45, 2.75) is 63.2 Å². The fourth-order valence-electron chi connectivity index (χ4n) is 3.68. The number of aliphatic hydroxyl groups is 1. The molecule has 2 rings (SSSR count). The molecule has 0 unspecified atom stereocenters. The number of hydrogen-bond donors (Lipinski definition) is 2. The van der Waals surface area contributed by atoms with Crippen molar-refractivity contribution in [3.8, 4) is 0 Å². The number of rotatable bonds is 5. The molecular formula is C15H25F3N2O2. The van der Waals surface area contributed by atoms with Gasteiger partial charge >= 0.3 is 6.18 Å². The number of nitrogens with zero attached hydrogens (tertiary/aromatic N) is 1. The Kier molecular flexibility index (Phi) is 5.37. The molecule has 7 heteroatoms. The van der Waals surface area contributed by atoms with Crippen molar-refractivity contribution in [3.05, 3.63) is 0 Å². The van der Waals surface area contributed by atoms with Crippen molar-refractivity contribution in [1.29, 1.82) is 0 Å². The lowest BCUT2D eigenvalue weighted by Gasteiger charge is -2.41. The van der Waals surface area contributed by atoms with Gasteiger partial charge in [0, 0.05) is 12.1 Å². The van der Waals surface area contributed by atoms with E-state index in [-0.39, 0.29) is 19.1 Å². The van der Waals surface area contributed by atoms with Gasteiger partial charge in [0.05, 0.1) is 12.6 Å². The molecule has 0 aromatic heterocycles. The highest BCUT2D eigenvalue weighted by Gasteiger charge is 2.43. The van der Waals surface area contributed by atoms with Crippen LogP contribution in [0.25, 0.3) is 0 Å². The van der Waals surface area contributed by atoms with Crippen molar-refractivity contribution in [2.75, 3.05) is 19.7 Å². The van der Waals surface area contributed by atoms with Crippen LogP contribution < -0.4 is 5.32 Å². The molecule has 1 saturated carbocycles. The molecule has 1 amide bonds. The zero-order valence-corrected chi connectivity index (χ0v) is 13.0. The Balaban J connectivity index is 1.98. The molecule has 2 N–H and O–H groups in total. The van der Waals surface area contributed by atoms with Crippen molar-refractivity contribution in [1.82, 2.24) is 10.2 Å². The number of carbonyl (C=O) groups excluding carboxylic acids is 1. The molecule has 4 nitrogen and oxygen atoms in total. The second-order valence-electron chi connectivity index (χ2n) is 6.77. The van der Waals surface area contributed by atoms with Crippen molar-refractivity contribution in [3.63, 3.8) is 0 Å². The topological polar surface area (TPSA) is 52.6 Å². The molecule has 1 heterocycles. The minimum atomic E-state index is -4.37. The number of hydrogen-bond acceptors (Lipinski definition) is 3. The van der Waals surface area contributed by atoms with Crippen LogP contribution in [0.5, 0.6) is 0 Å². The maximum absolute atomic E-state index is 12.4. The Bertz CT molecular complexity index is 397. The Morgan fingerprint density at radius 3 is 2.41 bits per heavy atom. The molecule has 0 aromatic rings. The third-order valence-electron chi connectivity index (χ3n) is 5.01. The van der Waals surface area contributed by atoms with E-state index in [0.29, 0.717) is 6.42 Å². The molecular weight excluding hydrogens is 297 g/mol. The summed E-state index contributed by atoms with van der Waals surface area (Å²) < 4.78 is 37.3. The Morgan fingerprint density at radius 1 is 1.23 bits per heavy atom. The molecule has 2 atom stereocenters. The van der Waals surface area contributed by atoms with Gasteiger partial charge in [-0.05, 0) is 32.1 Å². The summed E-state index contributed by atoms with van der Waals surface area (Å²) in [5.74, 6) is -0.247. The Hall–Kier alpha value is -0.820. The summed E-state index contributed by atoms with van der Waals surface area (Å²) in [6.07, 6.45) is 1.33. The van der Waals surface area contributed by atoms with Crippen LogP contribution in [0.2, 0.25) is 0 Å². The maximum atomic E-state index is 12.4. The van der Waals surface area contributed by atoms with E-state index in [1.54, 1.807) is 0 Å². The third kappa shape index (κ3) is 4.13. The normalized spacial score (nSPS) is 27.2. The molecule has 1 saturated heterocycles. The predicted molar refractivity (Wildman–Crippen MR) is 76.2 cm³/mol. The maximum Gasteiger partial charge on any atom is 0.406 e. The highest BCUT2D eigenvalue weighted by molar-refractivity contribution is 5.84. The van der Waals surface area contributed by atoms with Crippen LogP contribution in [0.1, 0.15) is 45.4 Å². The number of amides is 1. The molecule has 0 bridgehead atoms. The lowest BCUT2D eigenvalue weighted by Crippen LogP contribution is -2.58. The first-order chi connectivity index (χ1) is 10.2. The molecule has 0 radical (unpaired) electrons. The minimum absolute atomic E-state index is 0.110. The van der Waals surface area contributed by atoms with E-state index in [2.05, 4.69) is 5.32 Å². The molecule has 1 aliphatic heterocycles. The quantitative estimate of drug-likeness (QED) is 0.815. The first-order valence-electron chi connectivity index (χ1n) is 7.99. The number of carbonyl (C=O) groups is 1. The van der Waals surface area contributed by atoms with Crippen LogP contribution >= 0.6 is 0 Å². The largest absolute Gasteiger partial charge is 0.406 e. The van der Waals surface area contributed by atoms with Gasteiger partial charge in [-0.1, -0.05) is 19.3 Å². The van der Waals surface area contributed by atoms with Gasteiger partial charge in [-0.15, -0.1) is 0 Å². The summed E-state index contributed by atoms with van der Waals surface area (Å²) in [5.41, 5.74) is -0.602. The van der Waals surface area contributed by atoms with Gasteiger partial charge in [0.25, 0.3) is 0 Å². The number of halogens is 3. The van der Waals surface area contributed by atoms with E-state index in [9.17, 15) is 23.1 Å². The summed E-state index contributed by atoms with van der Waals surface area (Å²) in [6.45, 7) is 0.689. The zero-order chi connectivity index (χ0) is 16.4. The second kappa shape index (κ2) is 6.74. The smallest absolute Gasteiger partial charge is 0.394 e. The summed E-state index contributed by atoms with van der Waals surface area (Å²) in [6, 6.07) is -0.624. The molecule has 128 valence electrons. The van der Waals surface area contributed by atoms with Crippen molar-refractivity contribution in [2.24, 2.45) is 5.92 Å². The molecule has 1 aliphatic carbocycles. The SMILES string of the molecule is C[C@@](CO)(N[C@@H]1CCN(CC(F)(F)F)C1=O)C1CCCCC1. The highest BCUT2D eigenvalue weighted by Crippen LogP contribution is 2.33. The van der Waals surface area contributed by atoms with Crippen molar-refractivity contribution < 1.29 is 23.1 Å². The second-order valence-corrected chi connectivity index (χ2v) is 6.77. The monoisotopic (exact) mass is 322 g/mol. The first-order valence-corrected chi connectivity index (χ1v) is 7.99. The van der Waals surface area contributed by atoms with E-state index >= 15 is 0 Å². The predicted octanol–water partition coefficient (Wildman–Crippen LogP) is 2.07. The first kappa shape index (κ1) is 17.5. The van der Waals surface area contributed by atoms with E-state index in [1.807, 2.05) is 6.92 Å². The van der Waals surface area contributed by atoms with E-state index < -0.39 is 30.2 Å². The Morgan fingerprint density at radius 2 is 1.86 bits per heavy atom. The van der Waals surface area contributed by atoms with Gasteiger partial charge < -0.3 is 10.0 Å². The summed E-state index contributed by atoms with van der Waals surface area (Å²) in [5, 5.41) is 12.9. The summed E-state index contributed by atoms with van der Waals surface area (Å²) in [4.78, 5) is 13.0. The van der Waals surface area contributed by atoms with Crippen LogP contribution in [0.3, 0.4) is 0 Å². The van der Waals surface area contributed by atoms with Gasteiger partial charge in [-0.25, -0.2) is 0 Å². The number of likely N-dealkylation sites (tertiary alicyclic amines) is 1. The van der Waals surface area contributed by atoms with Gasteiger partial charge in [-0.3, -0.25) is 10.1 Å². The van der Waals surface area contributed by atoms with Gasteiger partial charge in [0.1, 0.15) is 6.54 Å². The molecule has 2 aliphatic rings. The van der Waals surface area contributed by atoms with Crippen LogP contribution in [-0.4, -0.2) is 53.4 Å². The van der Waals surface area contributed by atoms with Crippen LogP contribution in [0.15, 0.2) is 0 Å². The Labute approximate surface area is 129 Å². The molecule has 22 heavy (non-hydrogen) atoms. The molecule has 2 fully saturated rings. The molecule has 0 spiro atoms. The van der Waals surface area contributed by atoms with E-state index in [4.69, 9.17) is 0 Å². The van der Waals surface area contributed by atoms with Gasteiger partial charge in [0.2, 0.25) is 5.91 Å². The average molecular weight is 322 g/mol. The van der Waals surface area contributed by atoms with Crippen molar-refractivity contribution >= 4 is 5.91 Å². The van der Waals surface area contributed by atoms with E-state index in [1.165, 1.54) is 6.42 Å². The fourth-order valence-corrected chi connectivity index (χ4v) is 3.68. The highest BCUT2D eigenvalue weighted by atomic mass is 19.4. The summed E-state index contributed by atoms with van der Waals surface area (Å²) in [7, 11) is 0. The standard InChI is InChI=1S/C15H25F3N2O2/c1-14(10-21,11-5-3-2-4-6-11)19-12-7-8-20(13(12)22)9-15(16,17)18/h11-12,19,21H,2-10H2,1H3/t12-,14+/m1/s1. The summed E-state index contributed by atoms with van der Waals surface area (Å²) >= 11 is 0. The third-order valence-corrected chi connectivity index (χ3v) is 5.01. The van der Waals surface area contributed by atoms with E-state index in [0.717, 1.165) is 30.6 Å². The average Bonchev–Trinajstić information content (AvgIpc) is 2.79. The molecule has 0 aromatic carbocycles. The zero-order valence-electron chi connectivity index (χ0n) is 13.0. The van der Waals surface area contributed by atoms with Crippen LogP contribution in [0.4, 0.5) is 13.2 Å². The number of aliphatic hydroxyl groups excluding tert-OH is 1. The van der Waals surface area contributed by atoms with Gasteiger partial charge in [0.15, 0.2) is 0 Å². The number of alkyl halides is 3. The lowest BCUT2D eigenvalue weighted by molar-refractivity contribution is -0.158. The fraction of sp³-hybridized carbons (Fsp3) is 0.933. The minimum Gasteiger partial charge on any atom is -0.394 e. The number of nitrogens with one attached hydrogen (secondary N) is 1. The van der Waals surface area contributed by atoms with Gasteiger partial charge in [-0.2, -0.15) is 13.2 Å². The lowest BCUT2D eigenvalue weighted by atomic mass is 9.75. The van der Waals surface area contributed by atoms with Crippen LogP contribution in [0, 0.1) is 5.92 Å².